The first kappa shape index (κ1) is 16.4. The highest BCUT2D eigenvalue weighted by molar-refractivity contribution is 14.1. The van der Waals surface area contributed by atoms with Crippen LogP contribution in [-0.4, -0.2) is 15.7 Å². The van der Waals surface area contributed by atoms with Crippen molar-refractivity contribution in [1.29, 1.82) is 0 Å². The van der Waals surface area contributed by atoms with Crippen LogP contribution in [0.3, 0.4) is 0 Å². The molecular weight excluding hydrogens is 415 g/mol. The van der Waals surface area contributed by atoms with Crippen molar-refractivity contribution >= 4 is 34.3 Å². The maximum atomic E-state index is 11.9. The lowest BCUT2D eigenvalue weighted by Gasteiger charge is -2.05. The number of hydrazone groups is 1. The van der Waals surface area contributed by atoms with E-state index in [1.807, 2.05) is 61.5 Å². The Morgan fingerprint density at radius 2 is 1.83 bits per heavy atom. The summed E-state index contributed by atoms with van der Waals surface area (Å²) in [5, 5.41) is 4.30. The minimum Gasteiger partial charge on any atom is -0.291 e. The first-order chi connectivity index (χ1) is 11.6. The number of nitrogens with one attached hydrogen (secondary N) is 2. The van der Waals surface area contributed by atoms with Crippen LogP contribution in [0.1, 0.15) is 12.5 Å². The molecule has 0 aliphatic carbocycles. The molecule has 1 aromatic heterocycles. The van der Waals surface area contributed by atoms with Crippen LogP contribution >= 0.6 is 22.6 Å². The highest BCUT2D eigenvalue weighted by Crippen LogP contribution is 2.15. The lowest BCUT2D eigenvalue weighted by Crippen LogP contribution is -2.11. The molecule has 3 aromatic rings. The zero-order valence-electron chi connectivity index (χ0n) is 13.0. The molecule has 1 heterocycles. The van der Waals surface area contributed by atoms with Crippen molar-refractivity contribution in [1.82, 2.24) is 9.97 Å². The van der Waals surface area contributed by atoms with Crippen LogP contribution < -0.4 is 11.0 Å². The van der Waals surface area contributed by atoms with E-state index in [1.54, 1.807) is 0 Å². The topological polar surface area (TPSA) is 70.1 Å². The lowest BCUT2D eigenvalue weighted by atomic mass is 10.1. The summed E-state index contributed by atoms with van der Waals surface area (Å²) in [5.41, 5.74) is 5.89. The smallest absolute Gasteiger partial charge is 0.252 e. The van der Waals surface area contributed by atoms with Crippen LogP contribution in [0.15, 0.2) is 70.6 Å². The Bertz CT molecular complexity index is 918. The summed E-state index contributed by atoms with van der Waals surface area (Å²) in [7, 11) is 0. The second kappa shape index (κ2) is 7.39. The van der Waals surface area contributed by atoms with E-state index < -0.39 is 0 Å². The Morgan fingerprint density at radius 1 is 1.12 bits per heavy atom. The Kier molecular flexibility index (Phi) is 5.05. The Labute approximate surface area is 153 Å². The number of anilines is 1. The number of benzene rings is 2. The third-order valence-electron chi connectivity index (χ3n) is 3.40. The van der Waals surface area contributed by atoms with E-state index in [0.29, 0.717) is 11.6 Å². The Morgan fingerprint density at radius 3 is 2.54 bits per heavy atom. The summed E-state index contributed by atoms with van der Waals surface area (Å²) >= 11 is 2.26. The maximum absolute atomic E-state index is 11.9. The number of hydrogen-bond acceptors (Lipinski definition) is 4. The molecule has 0 fully saturated rings. The molecule has 0 spiro atoms. The van der Waals surface area contributed by atoms with E-state index in [1.165, 1.54) is 9.64 Å². The first-order valence-corrected chi connectivity index (χ1v) is 8.43. The Balaban J connectivity index is 1.85. The number of aromatic nitrogens is 2. The molecule has 0 aliphatic rings. The number of nitrogens with zero attached hydrogens (tertiary/aromatic N) is 2. The van der Waals surface area contributed by atoms with Crippen molar-refractivity contribution in [3.8, 4) is 11.3 Å². The summed E-state index contributed by atoms with van der Waals surface area (Å²) in [6, 6.07) is 19.1. The fourth-order valence-corrected chi connectivity index (χ4v) is 2.52. The number of halogens is 1. The van der Waals surface area contributed by atoms with Crippen LogP contribution in [0, 0.1) is 3.57 Å². The molecule has 0 aliphatic heterocycles. The molecule has 0 amide bonds. The highest BCUT2D eigenvalue weighted by atomic mass is 127. The van der Waals surface area contributed by atoms with Gasteiger partial charge >= 0.3 is 0 Å². The van der Waals surface area contributed by atoms with Crippen molar-refractivity contribution in [3.63, 3.8) is 0 Å². The minimum absolute atomic E-state index is 0.228. The molecule has 0 unspecified atom stereocenters. The van der Waals surface area contributed by atoms with E-state index in [9.17, 15) is 4.79 Å². The minimum atomic E-state index is -0.228. The quantitative estimate of drug-likeness (QED) is 0.375. The predicted molar refractivity (Wildman–Crippen MR) is 105 cm³/mol. The molecule has 0 bridgehead atoms. The maximum Gasteiger partial charge on any atom is 0.252 e. The van der Waals surface area contributed by atoms with E-state index in [0.717, 1.165) is 16.8 Å². The van der Waals surface area contributed by atoms with Crippen LogP contribution in [0.5, 0.6) is 0 Å². The third-order valence-corrected chi connectivity index (χ3v) is 4.12. The van der Waals surface area contributed by atoms with E-state index in [-0.39, 0.29) is 5.56 Å². The second-order valence-corrected chi connectivity index (χ2v) is 6.41. The van der Waals surface area contributed by atoms with Crippen LogP contribution in [0.4, 0.5) is 5.95 Å². The lowest BCUT2D eigenvalue weighted by molar-refractivity contribution is 1.08. The summed E-state index contributed by atoms with van der Waals surface area (Å²) in [6.45, 7) is 1.90. The SMILES string of the molecule is CC(=NNc1nc(-c2ccccc2)cc(=O)[nH]1)c1ccc(I)cc1. The highest BCUT2D eigenvalue weighted by Gasteiger charge is 2.04. The summed E-state index contributed by atoms with van der Waals surface area (Å²) in [6.07, 6.45) is 0. The molecule has 0 radical (unpaired) electrons. The zero-order chi connectivity index (χ0) is 16.9. The van der Waals surface area contributed by atoms with Gasteiger partial charge in [0.05, 0.1) is 11.4 Å². The average molecular weight is 430 g/mol. The molecule has 2 N–H and O–H groups in total. The number of H-pyrrole nitrogens is 1. The molecule has 2 aromatic carbocycles. The molecular formula is C18H15IN4O. The van der Waals surface area contributed by atoms with E-state index in [2.05, 4.69) is 43.1 Å². The van der Waals surface area contributed by atoms with Gasteiger partial charge < -0.3 is 0 Å². The van der Waals surface area contributed by atoms with Gasteiger partial charge in [0, 0.05) is 15.2 Å². The second-order valence-electron chi connectivity index (χ2n) is 5.16. The van der Waals surface area contributed by atoms with Gasteiger partial charge in [0.2, 0.25) is 5.95 Å². The molecule has 0 atom stereocenters. The fourth-order valence-electron chi connectivity index (χ4n) is 2.16. The molecule has 0 saturated heterocycles. The summed E-state index contributed by atoms with van der Waals surface area (Å²) < 4.78 is 1.17. The van der Waals surface area contributed by atoms with Gasteiger partial charge in [-0.1, -0.05) is 42.5 Å². The van der Waals surface area contributed by atoms with Gasteiger partial charge in [0.1, 0.15) is 0 Å². The van der Waals surface area contributed by atoms with Gasteiger partial charge in [-0.25, -0.2) is 10.4 Å². The van der Waals surface area contributed by atoms with Crippen molar-refractivity contribution in [2.75, 3.05) is 5.43 Å². The average Bonchev–Trinajstić information content (AvgIpc) is 2.60. The van der Waals surface area contributed by atoms with Gasteiger partial charge in [0.25, 0.3) is 5.56 Å². The van der Waals surface area contributed by atoms with Gasteiger partial charge in [-0.2, -0.15) is 5.10 Å². The van der Waals surface area contributed by atoms with E-state index >= 15 is 0 Å². The molecule has 120 valence electrons. The number of hydrogen-bond donors (Lipinski definition) is 2. The van der Waals surface area contributed by atoms with Crippen LogP contribution in [0.25, 0.3) is 11.3 Å². The van der Waals surface area contributed by atoms with Crippen molar-refractivity contribution in [3.05, 3.63) is 80.2 Å². The predicted octanol–water partition coefficient (Wildman–Crippen LogP) is 3.88. The van der Waals surface area contributed by atoms with Crippen LogP contribution in [0.2, 0.25) is 0 Å². The molecule has 24 heavy (non-hydrogen) atoms. The van der Waals surface area contributed by atoms with Gasteiger partial charge in [-0.05, 0) is 47.2 Å². The van der Waals surface area contributed by atoms with Gasteiger partial charge in [0.15, 0.2) is 0 Å². The van der Waals surface area contributed by atoms with E-state index in [4.69, 9.17) is 0 Å². The molecule has 0 saturated carbocycles. The largest absolute Gasteiger partial charge is 0.291 e. The first-order valence-electron chi connectivity index (χ1n) is 7.35. The Hall–Kier alpha value is -2.48. The standard InChI is InChI=1S/C18H15IN4O/c1-12(13-7-9-15(19)10-8-13)22-23-18-20-16(11-17(24)21-18)14-5-3-2-4-6-14/h2-11H,1H3,(H2,20,21,23,24). The van der Waals surface area contributed by atoms with Gasteiger partial charge in [-0.15, -0.1) is 0 Å². The van der Waals surface area contributed by atoms with Gasteiger partial charge in [-0.3, -0.25) is 9.78 Å². The summed E-state index contributed by atoms with van der Waals surface area (Å²) in [4.78, 5) is 18.9. The van der Waals surface area contributed by atoms with Crippen molar-refractivity contribution < 1.29 is 0 Å². The fraction of sp³-hybridized carbons (Fsp3) is 0.0556. The zero-order valence-corrected chi connectivity index (χ0v) is 15.1. The molecule has 5 nitrogen and oxygen atoms in total. The number of rotatable bonds is 4. The van der Waals surface area contributed by atoms with Crippen molar-refractivity contribution in [2.24, 2.45) is 5.10 Å². The molecule has 6 heteroatoms. The monoisotopic (exact) mass is 430 g/mol. The normalized spacial score (nSPS) is 11.3. The summed E-state index contributed by atoms with van der Waals surface area (Å²) in [5.74, 6) is 0.311. The van der Waals surface area contributed by atoms with Crippen molar-refractivity contribution in [2.45, 2.75) is 6.92 Å². The third kappa shape index (κ3) is 4.08. The number of aromatic amines is 1. The molecule has 3 rings (SSSR count). The van der Waals surface area contributed by atoms with Crippen LogP contribution in [-0.2, 0) is 0 Å².